The molecule has 2 atom stereocenters. The van der Waals surface area contributed by atoms with Crippen LogP contribution in [0.3, 0.4) is 0 Å². The van der Waals surface area contributed by atoms with Crippen LogP contribution >= 0.6 is 11.8 Å². The third kappa shape index (κ3) is 6.29. The third-order valence-corrected chi connectivity index (χ3v) is 7.61. The number of anilines is 1. The van der Waals surface area contributed by atoms with Crippen molar-refractivity contribution in [2.45, 2.75) is 70.3 Å². The quantitative estimate of drug-likeness (QED) is 0.550. The van der Waals surface area contributed by atoms with Crippen molar-refractivity contribution in [3.63, 3.8) is 0 Å². The second-order valence-electron chi connectivity index (χ2n) is 9.69. The summed E-state index contributed by atoms with van der Waals surface area (Å²) >= 11 is 1.47. The number of amides is 1. The predicted molar refractivity (Wildman–Crippen MR) is 132 cm³/mol. The van der Waals surface area contributed by atoms with Crippen LogP contribution in [0.4, 0.5) is 5.95 Å². The second kappa shape index (κ2) is 11.4. The van der Waals surface area contributed by atoms with Gasteiger partial charge in [0.1, 0.15) is 0 Å². The summed E-state index contributed by atoms with van der Waals surface area (Å²) in [6.45, 7) is 10.2. The molecule has 0 bridgehead atoms. The van der Waals surface area contributed by atoms with Gasteiger partial charge in [0.15, 0.2) is 5.16 Å². The maximum atomic E-state index is 12.9. The highest BCUT2D eigenvalue weighted by Gasteiger charge is 2.26. The lowest BCUT2D eigenvalue weighted by Crippen LogP contribution is -2.35. The highest BCUT2D eigenvalue weighted by molar-refractivity contribution is 7.99. The Morgan fingerprint density at radius 1 is 1.18 bits per heavy atom. The summed E-state index contributed by atoms with van der Waals surface area (Å²) in [5.74, 6) is 2.31. The van der Waals surface area contributed by atoms with Gasteiger partial charge in [0, 0.05) is 19.7 Å². The van der Waals surface area contributed by atoms with Crippen molar-refractivity contribution in [1.82, 2.24) is 20.1 Å². The molecule has 2 aromatic rings. The minimum atomic E-state index is -0.00467. The first-order chi connectivity index (χ1) is 16.0. The first-order valence-electron chi connectivity index (χ1n) is 12.3. The Kier molecular flexibility index (Phi) is 8.30. The number of thioether (sulfide) groups is 1. The van der Waals surface area contributed by atoms with Crippen LogP contribution in [0.1, 0.15) is 58.1 Å². The molecule has 0 radical (unpaired) electrons. The summed E-state index contributed by atoms with van der Waals surface area (Å²) in [5.41, 5.74) is 1.13. The summed E-state index contributed by atoms with van der Waals surface area (Å²) in [7, 11) is 0. The van der Waals surface area contributed by atoms with Gasteiger partial charge < -0.3 is 15.0 Å². The summed E-state index contributed by atoms with van der Waals surface area (Å²) in [5, 5.41) is 13.1. The topological polar surface area (TPSA) is 72.3 Å². The van der Waals surface area contributed by atoms with Gasteiger partial charge in [-0.15, -0.1) is 10.2 Å². The molecule has 8 heteroatoms. The monoisotopic (exact) mass is 471 g/mol. The SMILES string of the molecule is CC1CCN(c2nnc(SCC(=O)NC(c3ccccc3)C(C)C)n2CC2CCCO2)CC1. The Morgan fingerprint density at radius 3 is 2.61 bits per heavy atom. The van der Waals surface area contributed by atoms with E-state index in [2.05, 4.69) is 57.9 Å². The van der Waals surface area contributed by atoms with Crippen LogP contribution in [0.25, 0.3) is 0 Å². The highest BCUT2D eigenvalue weighted by atomic mass is 32.2. The largest absolute Gasteiger partial charge is 0.376 e. The third-order valence-electron chi connectivity index (χ3n) is 6.65. The van der Waals surface area contributed by atoms with Crippen molar-refractivity contribution < 1.29 is 9.53 Å². The van der Waals surface area contributed by atoms with E-state index >= 15 is 0 Å². The van der Waals surface area contributed by atoms with E-state index in [0.717, 1.165) is 61.7 Å². The molecule has 33 heavy (non-hydrogen) atoms. The molecule has 2 aliphatic heterocycles. The average molecular weight is 472 g/mol. The first kappa shape index (κ1) is 24.1. The molecule has 1 aromatic heterocycles. The van der Waals surface area contributed by atoms with Crippen molar-refractivity contribution in [2.75, 3.05) is 30.3 Å². The van der Waals surface area contributed by atoms with E-state index in [4.69, 9.17) is 4.74 Å². The maximum Gasteiger partial charge on any atom is 0.230 e. The number of nitrogens with zero attached hydrogens (tertiary/aromatic N) is 4. The highest BCUT2D eigenvalue weighted by Crippen LogP contribution is 2.28. The zero-order valence-electron chi connectivity index (χ0n) is 20.1. The Hall–Kier alpha value is -2.06. The standard InChI is InChI=1S/C25H37N5O2S/c1-18(2)23(20-8-5-4-6-9-20)26-22(31)17-33-25-28-27-24(29-13-11-19(3)12-14-29)30(25)16-21-10-7-15-32-21/h4-6,8-9,18-19,21,23H,7,10-17H2,1-3H3,(H,26,31). The van der Waals surface area contributed by atoms with E-state index in [1.165, 1.54) is 24.6 Å². The van der Waals surface area contributed by atoms with Gasteiger partial charge in [-0.2, -0.15) is 0 Å². The molecule has 2 fully saturated rings. The smallest absolute Gasteiger partial charge is 0.230 e. The summed E-state index contributed by atoms with van der Waals surface area (Å²) in [6.07, 6.45) is 4.71. The molecule has 7 nitrogen and oxygen atoms in total. The molecule has 4 rings (SSSR count). The Bertz CT molecular complexity index is 889. The van der Waals surface area contributed by atoms with Gasteiger partial charge in [0.25, 0.3) is 0 Å². The van der Waals surface area contributed by atoms with Crippen LogP contribution in [-0.4, -0.2) is 52.2 Å². The molecule has 1 N–H and O–H groups in total. The second-order valence-corrected chi connectivity index (χ2v) is 10.6. The molecule has 0 aliphatic carbocycles. The van der Waals surface area contributed by atoms with Crippen molar-refractivity contribution in [3.8, 4) is 0 Å². The van der Waals surface area contributed by atoms with Crippen LogP contribution < -0.4 is 10.2 Å². The molecule has 0 spiro atoms. The zero-order chi connectivity index (χ0) is 23.2. The van der Waals surface area contributed by atoms with E-state index in [1.807, 2.05) is 18.2 Å². The number of piperidine rings is 1. The van der Waals surface area contributed by atoms with E-state index in [-0.39, 0.29) is 18.1 Å². The van der Waals surface area contributed by atoms with Crippen LogP contribution in [0.15, 0.2) is 35.5 Å². The van der Waals surface area contributed by atoms with Gasteiger partial charge in [0.05, 0.1) is 24.4 Å². The van der Waals surface area contributed by atoms with E-state index in [9.17, 15) is 4.79 Å². The van der Waals surface area contributed by atoms with Gasteiger partial charge in [-0.3, -0.25) is 9.36 Å². The normalized spacial score (nSPS) is 20.4. The van der Waals surface area contributed by atoms with Crippen LogP contribution in [0.5, 0.6) is 0 Å². The van der Waals surface area contributed by atoms with Crippen LogP contribution in [0.2, 0.25) is 0 Å². The number of carbonyl (C=O) groups is 1. The number of rotatable bonds is 9. The van der Waals surface area contributed by atoms with Crippen LogP contribution in [0, 0.1) is 11.8 Å². The fourth-order valence-electron chi connectivity index (χ4n) is 4.62. The van der Waals surface area contributed by atoms with Gasteiger partial charge >= 0.3 is 0 Å². The summed E-state index contributed by atoms with van der Waals surface area (Å²) < 4.78 is 8.09. The molecular weight excluding hydrogens is 434 g/mol. The van der Waals surface area contributed by atoms with Crippen molar-refractivity contribution in [1.29, 1.82) is 0 Å². The first-order valence-corrected chi connectivity index (χ1v) is 13.3. The zero-order valence-corrected chi connectivity index (χ0v) is 20.9. The number of benzene rings is 1. The molecular formula is C25H37N5O2S. The average Bonchev–Trinajstić information content (AvgIpc) is 3.47. The number of hydrogen-bond donors (Lipinski definition) is 1. The van der Waals surface area contributed by atoms with E-state index < -0.39 is 0 Å². The number of ether oxygens (including phenoxy) is 1. The minimum absolute atomic E-state index is 0.00467. The van der Waals surface area contributed by atoms with Gasteiger partial charge in [-0.05, 0) is 43.1 Å². The maximum absolute atomic E-state index is 12.9. The lowest BCUT2D eigenvalue weighted by molar-refractivity contribution is -0.119. The molecule has 2 aliphatic rings. The van der Waals surface area contributed by atoms with Crippen molar-refractivity contribution in [3.05, 3.63) is 35.9 Å². The van der Waals surface area contributed by atoms with E-state index in [1.54, 1.807) is 0 Å². The number of nitrogens with one attached hydrogen (secondary N) is 1. The van der Waals surface area contributed by atoms with Gasteiger partial charge in [-0.1, -0.05) is 62.9 Å². The Labute approximate surface area is 201 Å². The molecule has 3 heterocycles. The fraction of sp³-hybridized carbons (Fsp3) is 0.640. The number of carbonyl (C=O) groups excluding carboxylic acids is 1. The lowest BCUT2D eigenvalue weighted by Gasteiger charge is -2.31. The van der Waals surface area contributed by atoms with Gasteiger partial charge in [0.2, 0.25) is 11.9 Å². The van der Waals surface area contributed by atoms with Crippen LogP contribution in [-0.2, 0) is 16.1 Å². The fourth-order valence-corrected chi connectivity index (χ4v) is 5.38. The number of aromatic nitrogens is 3. The summed E-state index contributed by atoms with van der Waals surface area (Å²) in [6, 6.07) is 10.2. The van der Waals surface area contributed by atoms with Crippen molar-refractivity contribution in [2.24, 2.45) is 11.8 Å². The lowest BCUT2D eigenvalue weighted by atomic mass is 9.96. The molecule has 180 valence electrons. The summed E-state index contributed by atoms with van der Waals surface area (Å²) in [4.78, 5) is 15.2. The number of hydrogen-bond acceptors (Lipinski definition) is 6. The molecule has 2 unspecified atom stereocenters. The van der Waals surface area contributed by atoms with Gasteiger partial charge in [-0.25, -0.2) is 0 Å². The molecule has 0 saturated carbocycles. The molecule has 1 amide bonds. The predicted octanol–water partition coefficient (Wildman–Crippen LogP) is 4.30. The molecule has 2 saturated heterocycles. The van der Waals surface area contributed by atoms with Crippen molar-refractivity contribution >= 4 is 23.6 Å². The Morgan fingerprint density at radius 2 is 1.94 bits per heavy atom. The Balaban J connectivity index is 1.43. The molecule has 1 aromatic carbocycles. The van der Waals surface area contributed by atoms with E-state index in [0.29, 0.717) is 11.7 Å². The minimum Gasteiger partial charge on any atom is -0.376 e.